The Morgan fingerprint density at radius 2 is 1.83 bits per heavy atom. The van der Waals surface area contributed by atoms with Gasteiger partial charge in [0.2, 0.25) is 5.91 Å². The molecule has 1 rings (SSSR count). The molecule has 0 saturated heterocycles. The highest BCUT2D eigenvalue weighted by Crippen LogP contribution is 2.24. The van der Waals surface area contributed by atoms with Gasteiger partial charge in [-0.05, 0) is 39.3 Å². The number of unbranched alkanes of at least 4 members (excludes halogenated alkanes) is 1. The van der Waals surface area contributed by atoms with Crippen LogP contribution in [0.15, 0.2) is 24.3 Å². The predicted molar refractivity (Wildman–Crippen MR) is 81.4 cm³/mol. The molecule has 0 saturated carbocycles. The van der Waals surface area contributed by atoms with Gasteiger partial charge >= 0.3 is 0 Å². The van der Waals surface area contributed by atoms with Crippen LogP contribution in [-0.2, 0) is 4.79 Å². The molecular formula is C15H22BrNO. The lowest BCUT2D eigenvalue weighted by molar-refractivity contribution is -0.120. The lowest BCUT2D eigenvalue weighted by Crippen LogP contribution is -2.42. The maximum absolute atomic E-state index is 12.4. The van der Waals surface area contributed by atoms with Gasteiger partial charge in [0.05, 0.1) is 4.32 Å². The first kappa shape index (κ1) is 15.2. The van der Waals surface area contributed by atoms with Gasteiger partial charge < -0.3 is 4.90 Å². The van der Waals surface area contributed by atoms with E-state index in [0.29, 0.717) is 0 Å². The van der Waals surface area contributed by atoms with Crippen molar-refractivity contribution in [2.75, 3.05) is 11.4 Å². The van der Waals surface area contributed by atoms with Crippen LogP contribution >= 0.6 is 15.9 Å². The molecule has 0 unspecified atom stereocenters. The molecule has 3 heteroatoms. The van der Waals surface area contributed by atoms with Crippen molar-refractivity contribution in [2.24, 2.45) is 0 Å². The maximum atomic E-state index is 12.4. The van der Waals surface area contributed by atoms with Gasteiger partial charge in [-0.15, -0.1) is 0 Å². The normalized spacial score (nSPS) is 11.4. The third kappa shape index (κ3) is 4.13. The number of rotatable bonds is 5. The van der Waals surface area contributed by atoms with Crippen molar-refractivity contribution in [3.8, 4) is 0 Å². The van der Waals surface area contributed by atoms with Gasteiger partial charge in [-0.1, -0.05) is 47.0 Å². The average Bonchev–Trinajstić information content (AvgIpc) is 2.30. The number of alkyl halides is 1. The highest BCUT2D eigenvalue weighted by molar-refractivity contribution is 9.10. The minimum atomic E-state index is -0.522. The predicted octanol–water partition coefficient (Wildman–Crippen LogP) is 4.30. The highest BCUT2D eigenvalue weighted by Gasteiger charge is 2.29. The fourth-order valence-corrected chi connectivity index (χ4v) is 1.92. The number of amides is 1. The number of anilines is 1. The molecule has 2 nitrogen and oxygen atoms in total. The quantitative estimate of drug-likeness (QED) is 0.742. The number of benzene rings is 1. The van der Waals surface area contributed by atoms with Crippen molar-refractivity contribution >= 4 is 27.5 Å². The topological polar surface area (TPSA) is 20.3 Å². The summed E-state index contributed by atoms with van der Waals surface area (Å²) < 4.78 is -0.522. The van der Waals surface area contributed by atoms with Gasteiger partial charge in [-0.3, -0.25) is 4.79 Å². The third-order valence-electron chi connectivity index (χ3n) is 2.83. The molecule has 1 aromatic rings. The highest BCUT2D eigenvalue weighted by atomic mass is 79.9. The lowest BCUT2D eigenvalue weighted by Gasteiger charge is -2.28. The fraction of sp³-hybridized carbons (Fsp3) is 0.533. The van der Waals surface area contributed by atoms with E-state index in [1.165, 1.54) is 5.56 Å². The number of aryl methyl sites for hydroxylation is 1. The molecule has 18 heavy (non-hydrogen) atoms. The summed E-state index contributed by atoms with van der Waals surface area (Å²) in [5.74, 6) is 0.111. The van der Waals surface area contributed by atoms with E-state index in [1.807, 2.05) is 43.0 Å². The van der Waals surface area contributed by atoms with E-state index >= 15 is 0 Å². The van der Waals surface area contributed by atoms with Gasteiger partial charge in [0.25, 0.3) is 0 Å². The zero-order valence-corrected chi connectivity index (χ0v) is 13.3. The van der Waals surface area contributed by atoms with E-state index in [4.69, 9.17) is 0 Å². The van der Waals surface area contributed by atoms with E-state index in [9.17, 15) is 4.79 Å². The van der Waals surface area contributed by atoms with E-state index in [-0.39, 0.29) is 5.91 Å². The summed E-state index contributed by atoms with van der Waals surface area (Å²) in [5, 5.41) is 0. The molecule has 0 fully saturated rings. The summed E-state index contributed by atoms with van der Waals surface area (Å²) in [7, 11) is 0. The van der Waals surface area contributed by atoms with Crippen molar-refractivity contribution in [3.05, 3.63) is 29.8 Å². The maximum Gasteiger partial charge on any atom is 0.243 e. The summed E-state index contributed by atoms with van der Waals surface area (Å²) >= 11 is 3.46. The third-order valence-corrected chi connectivity index (χ3v) is 3.17. The van der Waals surface area contributed by atoms with Gasteiger partial charge in [0.1, 0.15) is 0 Å². The van der Waals surface area contributed by atoms with Crippen LogP contribution in [0, 0.1) is 6.92 Å². The van der Waals surface area contributed by atoms with Gasteiger partial charge in [-0.25, -0.2) is 0 Å². The number of hydrogen-bond acceptors (Lipinski definition) is 1. The molecule has 0 spiro atoms. The summed E-state index contributed by atoms with van der Waals surface area (Å²) in [6.45, 7) is 8.74. The number of nitrogens with zero attached hydrogens (tertiary/aromatic N) is 1. The Morgan fingerprint density at radius 1 is 1.28 bits per heavy atom. The van der Waals surface area contributed by atoms with Gasteiger partial charge in [-0.2, -0.15) is 0 Å². The molecule has 0 atom stereocenters. The van der Waals surface area contributed by atoms with Gasteiger partial charge in [0.15, 0.2) is 0 Å². The number of hydrogen-bond donors (Lipinski definition) is 0. The average molecular weight is 312 g/mol. The second-order valence-electron chi connectivity index (χ2n) is 5.12. The molecule has 0 bridgehead atoms. The Labute approximate surface area is 119 Å². The zero-order chi connectivity index (χ0) is 13.8. The van der Waals surface area contributed by atoms with E-state index in [0.717, 1.165) is 25.1 Å². The Balaban J connectivity index is 2.98. The SMILES string of the molecule is CCCCN(C(=O)C(C)(C)Br)c1ccc(C)cc1. The Hall–Kier alpha value is -0.830. The standard InChI is InChI=1S/C15H22BrNO/c1-5-6-11-17(14(18)15(3,4)16)13-9-7-12(2)8-10-13/h7-10H,5-6,11H2,1-4H3. The van der Waals surface area contributed by atoms with Crippen molar-refractivity contribution < 1.29 is 4.79 Å². The molecule has 0 aromatic heterocycles. The Morgan fingerprint density at radius 3 is 2.28 bits per heavy atom. The Kier molecular flexibility index (Phi) is 5.39. The summed E-state index contributed by atoms with van der Waals surface area (Å²) in [6, 6.07) is 8.12. The number of carbonyl (C=O) groups is 1. The van der Waals surface area contributed by atoms with Crippen molar-refractivity contribution in [3.63, 3.8) is 0 Å². The molecule has 0 radical (unpaired) electrons. The fourth-order valence-electron chi connectivity index (χ4n) is 1.71. The molecule has 0 heterocycles. The second kappa shape index (κ2) is 6.37. The smallest absolute Gasteiger partial charge is 0.243 e. The van der Waals surface area contributed by atoms with Crippen molar-refractivity contribution in [2.45, 2.75) is 44.9 Å². The van der Waals surface area contributed by atoms with E-state index < -0.39 is 4.32 Å². The molecule has 100 valence electrons. The molecular weight excluding hydrogens is 290 g/mol. The second-order valence-corrected chi connectivity index (χ2v) is 7.10. The van der Waals surface area contributed by atoms with Crippen LogP contribution in [0.4, 0.5) is 5.69 Å². The van der Waals surface area contributed by atoms with Crippen LogP contribution in [-0.4, -0.2) is 16.8 Å². The lowest BCUT2D eigenvalue weighted by atomic mass is 10.1. The molecule has 1 aromatic carbocycles. The van der Waals surface area contributed by atoms with Crippen molar-refractivity contribution in [1.82, 2.24) is 0 Å². The minimum Gasteiger partial charge on any atom is -0.311 e. The Bertz CT molecular complexity index is 392. The molecule has 0 N–H and O–H groups in total. The van der Waals surface area contributed by atoms with Crippen LogP contribution in [0.5, 0.6) is 0 Å². The summed E-state index contributed by atoms with van der Waals surface area (Å²) in [4.78, 5) is 14.3. The monoisotopic (exact) mass is 311 g/mol. The van der Waals surface area contributed by atoms with E-state index in [1.54, 1.807) is 0 Å². The van der Waals surface area contributed by atoms with E-state index in [2.05, 4.69) is 29.8 Å². The molecule has 0 aliphatic carbocycles. The van der Waals surface area contributed by atoms with Crippen LogP contribution in [0.25, 0.3) is 0 Å². The van der Waals surface area contributed by atoms with Crippen LogP contribution in [0.1, 0.15) is 39.2 Å². The van der Waals surface area contributed by atoms with Crippen molar-refractivity contribution in [1.29, 1.82) is 0 Å². The largest absolute Gasteiger partial charge is 0.311 e. The molecule has 1 amide bonds. The first-order valence-electron chi connectivity index (χ1n) is 6.44. The van der Waals surface area contributed by atoms with Crippen LogP contribution < -0.4 is 4.90 Å². The first-order chi connectivity index (χ1) is 8.36. The first-order valence-corrected chi connectivity index (χ1v) is 7.23. The van der Waals surface area contributed by atoms with Crippen LogP contribution in [0.2, 0.25) is 0 Å². The molecule has 0 aliphatic heterocycles. The zero-order valence-electron chi connectivity index (χ0n) is 11.7. The number of halogens is 1. The number of carbonyl (C=O) groups excluding carboxylic acids is 1. The summed E-state index contributed by atoms with van der Waals surface area (Å²) in [6.07, 6.45) is 2.10. The summed E-state index contributed by atoms with van der Waals surface area (Å²) in [5.41, 5.74) is 2.19. The molecule has 0 aliphatic rings. The van der Waals surface area contributed by atoms with Gasteiger partial charge in [0, 0.05) is 12.2 Å². The van der Waals surface area contributed by atoms with Crippen LogP contribution in [0.3, 0.4) is 0 Å². The minimum absolute atomic E-state index is 0.111.